The largest absolute Gasteiger partial charge is 0.469 e. The van der Waals surface area contributed by atoms with Crippen LogP contribution in [0.5, 0.6) is 0 Å². The summed E-state index contributed by atoms with van der Waals surface area (Å²) in [6.07, 6.45) is 3.33. The molecule has 0 saturated carbocycles. The molecule has 0 bridgehead atoms. The van der Waals surface area contributed by atoms with Gasteiger partial charge < -0.3 is 29.6 Å². The number of imidazole rings is 1. The molecular weight excluding hydrogens is 697 g/mol. The highest BCUT2D eigenvalue weighted by Gasteiger charge is 2.39. The van der Waals surface area contributed by atoms with Gasteiger partial charge in [-0.2, -0.15) is 0 Å². The monoisotopic (exact) mass is 742 g/mol. The van der Waals surface area contributed by atoms with Crippen molar-refractivity contribution in [2.45, 2.75) is 70.5 Å². The molecule has 0 radical (unpaired) electrons. The Morgan fingerprint density at radius 1 is 0.873 bits per heavy atom. The van der Waals surface area contributed by atoms with Gasteiger partial charge in [-0.05, 0) is 73.1 Å². The van der Waals surface area contributed by atoms with E-state index in [1.54, 1.807) is 0 Å². The van der Waals surface area contributed by atoms with Gasteiger partial charge >= 0.3 is 12.1 Å². The second kappa shape index (κ2) is 16.2. The molecule has 12 heteroatoms. The first kappa shape index (κ1) is 37.4. The van der Waals surface area contributed by atoms with Crippen LogP contribution >= 0.6 is 0 Å². The summed E-state index contributed by atoms with van der Waals surface area (Å²) in [5, 5.41) is 2.73. The van der Waals surface area contributed by atoms with Gasteiger partial charge in [0, 0.05) is 36.3 Å². The van der Waals surface area contributed by atoms with Gasteiger partial charge in [0.25, 0.3) is 0 Å². The molecule has 2 fully saturated rings. The zero-order valence-corrected chi connectivity index (χ0v) is 31.6. The van der Waals surface area contributed by atoms with Crippen molar-refractivity contribution in [1.82, 2.24) is 25.1 Å². The van der Waals surface area contributed by atoms with E-state index in [-0.39, 0.29) is 42.2 Å². The fourth-order valence-electron chi connectivity index (χ4n) is 7.94. The third kappa shape index (κ3) is 7.97. The number of carbonyl (C=O) groups excluding carboxylic acids is 4. The number of hydrogen-bond acceptors (Lipinski definition) is 8. The quantitative estimate of drug-likeness (QED) is 0.154. The van der Waals surface area contributed by atoms with Crippen LogP contribution in [0.25, 0.3) is 11.0 Å². The first-order valence-corrected chi connectivity index (χ1v) is 18.9. The Kier molecular flexibility index (Phi) is 11.0. The molecule has 12 nitrogen and oxygen atoms in total. The zero-order chi connectivity index (χ0) is 38.6. The number of carbonyl (C=O) groups is 4. The van der Waals surface area contributed by atoms with Gasteiger partial charge in [-0.25, -0.2) is 9.78 Å². The molecule has 0 aliphatic carbocycles. The van der Waals surface area contributed by atoms with Crippen molar-refractivity contribution in [3.05, 3.63) is 94.8 Å². The van der Waals surface area contributed by atoms with Crippen LogP contribution in [0.4, 0.5) is 10.5 Å². The summed E-state index contributed by atoms with van der Waals surface area (Å²) in [4.78, 5) is 68.9. The third-order valence-corrected chi connectivity index (χ3v) is 10.9. The number of alkyl carbamates (subject to hydrolysis) is 1. The van der Waals surface area contributed by atoms with Gasteiger partial charge in [0.05, 0.1) is 55.4 Å². The molecule has 1 aromatic heterocycles. The van der Waals surface area contributed by atoms with Crippen molar-refractivity contribution in [2.75, 3.05) is 27.3 Å². The Labute approximate surface area is 320 Å². The lowest BCUT2D eigenvalue weighted by molar-refractivity contribution is -0.148. The van der Waals surface area contributed by atoms with Crippen LogP contribution in [-0.2, 0) is 30.3 Å². The molecule has 2 saturated heterocycles. The number of nitrogens with zero attached hydrogens (tertiary/aromatic N) is 4. The molecule has 0 spiro atoms. The molecule has 284 valence electrons. The number of aromatic nitrogens is 2. The molecule has 55 heavy (non-hydrogen) atoms. The van der Waals surface area contributed by atoms with Gasteiger partial charge in [0.1, 0.15) is 11.9 Å². The lowest BCUT2D eigenvalue weighted by atomic mass is 9.91. The van der Waals surface area contributed by atoms with Crippen LogP contribution < -0.4 is 5.32 Å². The number of amides is 3. The van der Waals surface area contributed by atoms with Crippen LogP contribution in [-0.4, -0.2) is 82.7 Å². The predicted octanol–water partition coefficient (Wildman–Crippen LogP) is 6.18. The molecule has 7 rings (SSSR count). The van der Waals surface area contributed by atoms with E-state index in [4.69, 9.17) is 19.5 Å². The zero-order valence-electron chi connectivity index (χ0n) is 31.6. The number of aliphatic imine (C=N–C) groups is 1. The Morgan fingerprint density at radius 2 is 1.56 bits per heavy atom. The number of ether oxygens (including phenoxy) is 2. The van der Waals surface area contributed by atoms with Crippen molar-refractivity contribution in [3.8, 4) is 11.8 Å². The second-order valence-corrected chi connectivity index (χ2v) is 14.7. The van der Waals surface area contributed by atoms with Gasteiger partial charge in [-0.3, -0.25) is 19.4 Å². The minimum atomic E-state index is -0.864. The summed E-state index contributed by atoms with van der Waals surface area (Å²) >= 11 is 0. The Morgan fingerprint density at radius 3 is 2.27 bits per heavy atom. The van der Waals surface area contributed by atoms with Gasteiger partial charge in [-0.15, -0.1) is 0 Å². The summed E-state index contributed by atoms with van der Waals surface area (Å²) in [6, 6.07) is 19.9. The van der Waals surface area contributed by atoms with Crippen LogP contribution in [0.3, 0.4) is 0 Å². The summed E-state index contributed by atoms with van der Waals surface area (Å²) in [5.74, 6) is 6.24. The second-order valence-electron chi connectivity index (χ2n) is 14.7. The van der Waals surface area contributed by atoms with Crippen molar-refractivity contribution >= 4 is 46.3 Å². The van der Waals surface area contributed by atoms with Crippen molar-refractivity contribution < 1.29 is 28.7 Å². The Bertz CT molecular complexity index is 2200. The number of H-pyrrole nitrogens is 1. The van der Waals surface area contributed by atoms with Gasteiger partial charge in [0.15, 0.2) is 0 Å². The highest BCUT2D eigenvalue weighted by molar-refractivity contribution is 6.01. The maximum Gasteiger partial charge on any atom is 0.407 e. The number of methoxy groups -OCH3 is 2. The molecule has 3 amide bonds. The average molecular weight is 743 g/mol. The van der Waals surface area contributed by atoms with Crippen molar-refractivity contribution in [3.63, 3.8) is 0 Å². The number of hydrogen-bond donors (Lipinski definition) is 2. The van der Waals surface area contributed by atoms with E-state index >= 15 is 0 Å². The first-order chi connectivity index (χ1) is 26.6. The molecular formula is C43H46N6O6. The molecule has 2 N–H and O–H groups in total. The molecule has 0 unspecified atom stereocenters. The number of fused-ring (bicyclic) bond motifs is 2. The summed E-state index contributed by atoms with van der Waals surface area (Å²) < 4.78 is 9.70. The van der Waals surface area contributed by atoms with Gasteiger partial charge in [-0.1, -0.05) is 62.1 Å². The van der Waals surface area contributed by atoms with Crippen LogP contribution in [0.2, 0.25) is 0 Å². The summed E-state index contributed by atoms with van der Waals surface area (Å²) in [6.45, 7) is 5.11. The standard InChI is InChI=1S/C43H46N6O6/c1-26(2)31(25-38(50)54-3)41(51)49-21-9-13-37(49)40-45-32-19-17-28(23-34(32)46-40)15-14-27-16-18-30-24-35(44-33(30)22-27)36-12-8-20-48(36)42(52)39(47-43(53)55-4)29-10-6-5-7-11-29/h5-7,10-11,16-19,22-23,26,31,36-37,39H,8-9,12-13,20-21,24-25H2,1-4H3,(H,45,46)(H,47,53)/t31-,36-,37-,39+/m0/s1. The lowest BCUT2D eigenvalue weighted by Crippen LogP contribution is -2.47. The highest BCUT2D eigenvalue weighted by atomic mass is 16.5. The lowest BCUT2D eigenvalue weighted by Gasteiger charge is -2.29. The van der Waals surface area contributed by atoms with Crippen molar-refractivity contribution in [2.24, 2.45) is 16.8 Å². The van der Waals surface area contributed by atoms with E-state index in [9.17, 15) is 19.2 Å². The fraction of sp³-hybridized carbons (Fsp3) is 0.395. The number of nitrogens with one attached hydrogen (secondary N) is 2. The minimum Gasteiger partial charge on any atom is -0.469 e. The average Bonchev–Trinajstić information content (AvgIpc) is 4.03. The first-order valence-electron chi connectivity index (χ1n) is 18.9. The molecule has 3 aliphatic heterocycles. The smallest absolute Gasteiger partial charge is 0.407 e. The maximum atomic E-state index is 13.9. The van der Waals surface area contributed by atoms with Crippen LogP contribution in [0, 0.1) is 23.7 Å². The molecule has 4 atom stereocenters. The van der Waals surface area contributed by atoms with E-state index < -0.39 is 18.1 Å². The summed E-state index contributed by atoms with van der Waals surface area (Å²) in [7, 11) is 2.63. The number of rotatable bonds is 9. The van der Waals surface area contributed by atoms with E-state index in [0.717, 1.165) is 70.6 Å². The van der Waals surface area contributed by atoms with E-state index in [2.05, 4.69) is 28.2 Å². The van der Waals surface area contributed by atoms with Crippen LogP contribution in [0.15, 0.2) is 71.7 Å². The van der Waals surface area contributed by atoms with Crippen molar-refractivity contribution in [1.29, 1.82) is 0 Å². The molecule has 3 aliphatic rings. The molecule has 3 aromatic carbocycles. The maximum absolute atomic E-state index is 13.9. The molecule has 4 aromatic rings. The minimum absolute atomic E-state index is 0.00559. The van der Waals surface area contributed by atoms with E-state index in [1.807, 2.05) is 84.3 Å². The number of esters is 1. The third-order valence-electron chi connectivity index (χ3n) is 10.9. The highest BCUT2D eigenvalue weighted by Crippen LogP contribution is 2.36. The van der Waals surface area contributed by atoms with E-state index in [0.29, 0.717) is 25.1 Å². The normalized spacial score (nSPS) is 18.7. The Balaban J connectivity index is 1.06. The van der Waals surface area contributed by atoms with Gasteiger partial charge in [0.2, 0.25) is 11.8 Å². The predicted molar refractivity (Wildman–Crippen MR) is 207 cm³/mol. The number of benzene rings is 3. The molecule has 4 heterocycles. The number of likely N-dealkylation sites (tertiary alicyclic amines) is 2. The van der Waals surface area contributed by atoms with Crippen LogP contribution in [0.1, 0.15) is 86.1 Å². The number of aromatic amines is 1. The SMILES string of the molecule is COC(=O)C[C@H](C(=O)N1CCC[C@H]1c1nc2ccc(C#Cc3ccc4c(c3)N=C([C@@H]3CCCN3C(=O)[C@H](NC(=O)OC)c3ccccc3)C4)cc2[nH]1)C(C)C. The summed E-state index contributed by atoms with van der Waals surface area (Å²) in [5.41, 5.74) is 6.84. The van der Waals surface area contributed by atoms with E-state index in [1.165, 1.54) is 14.2 Å². The fourth-order valence-corrected chi connectivity index (χ4v) is 7.94. The topological polar surface area (TPSA) is 146 Å². The Hall–Kier alpha value is -5.96.